The van der Waals surface area contributed by atoms with Gasteiger partial charge in [-0.3, -0.25) is 0 Å². The summed E-state index contributed by atoms with van der Waals surface area (Å²) in [5.41, 5.74) is 0. The summed E-state index contributed by atoms with van der Waals surface area (Å²) in [7, 11) is -1.08. The highest BCUT2D eigenvalue weighted by atomic mass is 16.4. The van der Waals surface area contributed by atoms with E-state index in [0.717, 1.165) is 5.92 Å². The fraction of sp³-hybridized carbons (Fsp3) is 1.00. The van der Waals surface area contributed by atoms with Gasteiger partial charge in [0.15, 0.2) is 0 Å². The van der Waals surface area contributed by atoms with Gasteiger partial charge in [-0.15, -0.1) is 0 Å². The van der Waals surface area contributed by atoms with Gasteiger partial charge >= 0.3 is 7.12 Å². The summed E-state index contributed by atoms with van der Waals surface area (Å²) < 4.78 is 0. The molecule has 0 spiro atoms. The second-order valence-electron chi connectivity index (χ2n) is 2.69. The van der Waals surface area contributed by atoms with Gasteiger partial charge in [-0.1, -0.05) is 6.92 Å². The van der Waals surface area contributed by atoms with Gasteiger partial charge in [0.25, 0.3) is 0 Å². The standard InChI is InChI=1S/C5H11BO2/c1-4-2-5(4)3-6(7)8/h4-5,7-8H,2-3H2,1H3. The molecule has 2 unspecified atom stereocenters. The molecule has 1 saturated carbocycles. The smallest absolute Gasteiger partial charge is 0.427 e. The minimum Gasteiger partial charge on any atom is -0.427 e. The molecule has 1 rings (SSSR count). The summed E-state index contributed by atoms with van der Waals surface area (Å²) in [6, 6.07) is 0. The molecule has 46 valence electrons. The van der Waals surface area contributed by atoms with Crippen molar-refractivity contribution in [3.8, 4) is 0 Å². The Morgan fingerprint density at radius 2 is 2.12 bits per heavy atom. The second-order valence-corrected chi connectivity index (χ2v) is 2.69. The molecule has 1 aliphatic carbocycles. The third-order valence-corrected chi connectivity index (χ3v) is 1.79. The van der Waals surface area contributed by atoms with Crippen LogP contribution in [0.25, 0.3) is 0 Å². The molecular formula is C5H11BO2. The highest BCUT2D eigenvalue weighted by molar-refractivity contribution is 6.41. The van der Waals surface area contributed by atoms with Crippen LogP contribution in [0, 0.1) is 11.8 Å². The molecule has 0 aromatic carbocycles. The molecule has 2 atom stereocenters. The Kier molecular flexibility index (Phi) is 1.58. The van der Waals surface area contributed by atoms with Crippen LogP contribution < -0.4 is 0 Å². The highest BCUT2D eigenvalue weighted by Gasteiger charge is 2.35. The maximum Gasteiger partial charge on any atom is 0.451 e. The molecule has 1 aliphatic rings. The fourth-order valence-corrected chi connectivity index (χ4v) is 0.998. The molecule has 0 amide bonds. The molecule has 8 heavy (non-hydrogen) atoms. The van der Waals surface area contributed by atoms with Crippen LogP contribution in [0.15, 0.2) is 0 Å². The quantitative estimate of drug-likeness (QED) is 0.500. The van der Waals surface area contributed by atoms with Crippen molar-refractivity contribution in [1.29, 1.82) is 0 Å². The summed E-state index contributed by atoms with van der Waals surface area (Å²) in [5, 5.41) is 16.9. The Balaban J connectivity index is 2.05. The molecule has 0 radical (unpaired) electrons. The molecule has 3 heteroatoms. The van der Waals surface area contributed by atoms with Crippen molar-refractivity contribution in [2.75, 3.05) is 0 Å². The highest BCUT2D eigenvalue weighted by Crippen LogP contribution is 2.41. The fourth-order valence-electron chi connectivity index (χ4n) is 0.998. The number of hydrogen-bond acceptors (Lipinski definition) is 2. The SMILES string of the molecule is CC1CC1CB(O)O. The van der Waals surface area contributed by atoms with E-state index in [9.17, 15) is 0 Å². The molecule has 0 aliphatic heterocycles. The van der Waals surface area contributed by atoms with Gasteiger partial charge in [-0.25, -0.2) is 0 Å². The first-order valence-electron chi connectivity index (χ1n) is 3.06. The average molecular weight is 114 g/mol. The molecule has 0 heterocycles. The number of rotatable bonds is 2. The van der Waals surface area contributed by atoms with Gasteiger partial charge in [0, 0.05) is 0 Å². The lowest BCUT2D eigenvalue weighted by Crippen LogP contribution is -2.10. The maximum atomic E-state index is 8.44. The lowest BCUT2D eigenvalue weighted by molar-refractivity contribution is 0.400. The van der Waals surface area contributed by atoms with Crippen molar-refractivity contribution in [2.24, 2.45) is 11.8 Å². The van der Waals surface area contributed by atoms with Crippen LogP contribution in [-0.4, -0.2) is 17.2 Å². The molecule has 1 fully saturated rings. The largest absolute Gasteiger partial charge is 0.451 e. The van der Waals surface area contributed by atoms with Gasteiger partial charge in [-0.2, -0.15) is 0 Å². The van der Waals surface area contributed by atoms with Crippen molar-refractivity contribution < 1.29 is 10.0 Å². The van der Waals surface area contributed by atoms with Crippen LogP contribution in [0.1, 0.15) is 13.3 Å². The van der Waals surface area contributed by atoms with Crippen molar-refractivity contribution in [3.05, 3.63) is 0 Å². The van der Waals surface area contributed by atoms with E-state index in [1.807, 2.05) is 0 Å². The van der Waals surface area contributed by atoms with E-state index in [1.165, 1.54) is 6.42 Å². The van der Waals surface area contributed by atoms with E-state index in [-0.39, 0.29) is 0 Å². The van der Waals surface area contributed by atoms with E-state index in [2.05, 4.69) is 6.92 Å². The topological polar surface area (TPSA) is 40.5 Å². The molecule has 0 aromatic heterocycles. The Bertz CT molecular complexity index is 84.5. The Morgan fingerprint density at radius 1 is 1.62 bits per heavy atom. The zero-order valence-electron chi connectivity index (χ0n) is 5.04. The summed E-state index contributed by atoms with van der Waals surface area (Å²) in [6.07, 6.45) is 1.75. The number of hydrogen-bond donors (Lipinski definition) is 2. The molecule has 0 aromatic rings. The van der Waals surface area contributed by atoms with E-state index in [1.54, 1.807) is 0 Å². The summed E-state index contributed by atoms with van der Waals surface area (Å²) in [5.74, 6) is 1.33. The van der Waals surface area contributed by atoms with E-state index < -0.39 is 7.12 Å². The van der Waals surface area contributed by atoms with Crippen molar-refractivity contribution in [2.45, 2.75) is 19.7 Å². The summed E-state index contributed by atoms with van der Waals surface area (Å²) in [6.45, 7) is 2.13. The predicted molar refractivity (Wildman–Crippen MR) is 32.3 cm³/mol. The molecule has 2 N–H and O–H groups in total. The summed E-state index contributed by atoms with van der Waals surface area (Å²) in [4.78, 5) is 0. The summed E-state index contributed by atoms with van der Waals surface area (Å²) >= 11 is 0. The molecule has 0 bridgehead atoms. The third-order valence-electron chi connectivity index (χ3n) is 1.79. The van der Waals surface area contributed by atoms with Crippen LogP contribution in [-0.2, 0) is 0 Å². The van der Waals surface area contributed by atoms with Crippen molar-refractivity contribution in [3.63, 3.8) is 0 Å². The minimum absolute atomic E-state index is 0.571. The Morgan fingerprint density at radius 3 is 2.25 bits per heavy atom. The Labute approximate surface area is 49.7 Å². The van der Waals surface area contributed by atoms with Crippen LogP contribution >= 0.6 is 0 Å². The van der Waals surface area contributed by atoms with E-state index >= 15 is 0 Å². The van der Waals surface area contributed by atoms with Gasteiger partial charge in [0.05, 0.1) is 0 Å². The van der Waals surface area contributed by atoms with Crippen LogP contribution in [0.4, 0.5) is 0 Å². The van der Waals surface area contributed by atoms with Crippen LogP contribution in [0.5, 0.6) is 0 Å². The first kappa shape index (κ1) is 6.11. The van der Waals surface area contributed by atoms with Crippen LogP contribution in [0.3, 0.4) is 0 Å². The second kappa shape index (κ2) is 2.07. The van der Waals surface area contributed by atoms with Gasteiger partial charge in [0.1, 0.15) is 0 Å². The zero-order chi connectivity index (χ0) is 6.15. The maximum absolute atomic E-state index is 8.44. The molecular weight excluding hydrogens is 103 g/mol. The van der Waals surface area contributed by atoms with Crippen molar-refractivity contribution in [1.82, 2.24) is 0 Å². The van der Waals surface area contributed by atoms with E-state index in [0.29, 0.717) is 12.2 Å². The third kappa shape index (κ3) is 1.49. The minimum atomic E-state index is -1.08. The van der Waals surface area contributed by atoms with Gasteiger partial charge in [0.2, 0.25) is 0 Å². The van der Waals surface area contributed by atoms with Crippen molar-refractivity contribution >= 4 is 7.12 Å². The first-order chi connectivity index (χ1) is 3.70. The Hall–Kier alpha value is -0.0151. The first-order valence-corrected chi connectivity index (χ1v) is 3.06. The van der Waals surface area contributed by atoms with Gasteiger partial charge < -0.3 is 10.0 Å². The average Bonchev–Trinajstić information content (AvgIpc) is 2.17. The molecule has 2 nitrogen and oxygen atoms in total. The van der Waals surface area contributed by atoms with Gasteiger partial charge in [-0.05, 0) is 24.6 Å². The predicted octanol–water partition coefficient (Wildman–Crippen LogP) is 0.115. The monoisotopic (exact) mass is 114 g/mol. The zero-order valence-corrected chi connectivity index (χ0v) is 5.04. The van der Waals surface area contributed by atoms with E-state index in [4.69, 9.17) is 10.0 Å². The lowest BCUT2D eigenvalue weighted by Gasteiger charge is -1.92. The lowest BCUT2D eigenvalue weighted by atomic mass is 9.83. The van der Waals surface area contributed by atoms with Crippen LogP contribution in [0.2, 0.25) is 6.32 Å². The normalized spacial score (nSPS) is 34.9. The molecule has 0 saturated heterocycles.